The number of rotatable bonds is 6. The van der Waals surface area contributed by atoms with Crippen molar-refractivity contribution in [3.63, 3.8) is 0 Å². The van der Waals surface area contributed by atoms with E-state index in [-0.39, 0.29) is 17.6 Å². The van der Waals surface area contributed by atoms with E-state index in [0.717, 1.165) is 17.8 Å². The van der Waals surface area contributed by atoms with Gasteiger partial charge in [-0.05, 0) is 36.2 Å². The summed E-state index contributed by atoms with van der Waals surface area (Å²) in [6.45, 7) is 2.08. The Morgan fingerprint density at radius 3 is 2.77 bits per heavy atom. The fraction of sp³-hybridized carbons (Fsp3) is 0.267. The summed E-state index contributed by atoms with van der Waals surface area (Å²) in [5.41, 5.74) is -2.83. The molecule has 0 radical (unpaired) electrons. The highest BCUT2D eigenvalue weighted by Gasteiger charge is 2.29. The molecular weight excluding hydrogens is 425 g/mol. The molecule has 0 aliphatic carbocycles. The van der Waals surface area contributed by atoms with E-state index >= 15 is 0 Å². The van der Waals surface area contributed by atoms with Crippen molar-refractivity contribution >= 4 is 52.1 Å². The zero-order valence-electron chi connectivity index (χ0n) is 13.3. The lowest BCUT2D eigenvalue weighted by Crippen LogP contribution is -2.04. The van der Waals surface area contributed by atoms with Gasteiger partial charge in [-0.1, -0.05) is 18.5 Å². The maximum absolute atomic E-state index is 12.2. The molecular formula is C15H12ClF3N4S3. The van der Waals surface area contributed by atoms with Gasteiger partial charge in [0.05, 0.1) is 22.7 Å². The van der Waals surface area contributed by atoms with Crippen molar-refractivity contribution in [2.75, 3.05) is 4.72 Å². The molecule has 26 heavy (non-hydrogen) atoms. The first-order valence-corrected chi connectivity index (χ1v) is 10.3. The van der Waals surface area contributed by atoms with Crippen molar-refractivity contribution in [1.29, 1.82) is 0 Å². The molecule has 3 aromatic rings. The maximum atomic E-state index is 12.2. The quantitative estimate of drug-likeness (QED) is 0.446. The molecule has 0 saturated heterocycles. The van der Waals surface area contributed by atoms with Crippen LogP contribution in [0.25, 0.3) is 22.1 Å². The fourth-order valence-electron chi connectivity index (χ4n) is 2.06. The minimum absolute atomic E-state index is 0.266. The molecule has 138 valence electrons. The van der Waals surface area contributed by atoms with Crippen molar-refractivity contribution in [3.8, 4) is 22.1 Å². The molecule has 0 saturated carbocycles. The second-order valence-corrected chi connectivity index (χ2v) is 8.12. The highest BCUT2D eigenvalue weighted by atomic mass is 35.5. The fourth-order valence-corrected chi connectivity index (χ4v) is 4.25. The van der Waals surface area contributed by atoms with Gasteiger partial charge in [-0.15, -0.1) is 11.3 Å². The molecule has 4 nitrogen and oxygen atoms in total. The van der Waals surface area contributed by atoms with Crippen molar-refractivity contribution in [2.24, 2.45) is 0 Å². The average molecular weight is 437 g/mol. The molecule has 2 heterocycles. The average Bonchev–Trinajstić information content (AvgIpc) is 3.22. The van der Waals surface area contributed by atoms with Crippen molar-refractivity contribution < 1.29 is 13.2 Å². The van der Waals surface area contributed by atoms with Gasteiger partial charge in [0, 0.05) is 23.1 Å². The van der Waals surface area contributed by atoms with E-state index in [0.29, 0.717) is 27.1 Å². The SMILES string of the molecule is CCCc1nc(-c2nc(-c3ccc(NSC(F)(F)F)cc3Cl)cs2)ns1. The van der Waals surface area contributed by atoms with E-state index in [4.69, 9.17) is 11.6 Å². The predicted octanol–water partition coefficient (Wildman–Crippen LogP) is 6.51. The van der Waals surface area contributed by atoms with E-state index in [1.54, 1.807) is 6.07 Å². The van der Waals surface area contributed by atoms with Gasteiger partial charge in [0.1, 0.15) is 5.01 Å². The van der Waals surface area contributed by atoms with Crippen LogP contribution in [0.2, 0.25) is 5.02 Å². The Balaban J connectivity index is 1.78. The number of nitrogens with zero attached hydrogens (tertiary/aromatic N) is 3. The highest BCUT2D eigenvalue weighted by molar-refractivity contribution is 8.01. The summed E-state index contributed by atoms with van der Waals surface area (Å²) in [6, 6.07) is 4.60. The van der Waals surface area contributed by atoms with Gasteiger partial charge in [0.25, 0.3) is 0 Å². The summed E-state index contributed by atoms with van der Waals surface area (Å²) < 4.78 is 43.3. The normalized spacial score (nSPS) is 11.7. The summed E-state index contributed by atoms with van der Waals surface area (Å²) in [5, 5.41) is 3.79. The van der Waals surface area contributed by atoms with Crippen LogP contribution in [-0.4, -0.2) is 19.8 Å². The van der Waals surface area contributed by atoms with Crippen LogP contribution in [0.1, 0.15) is 18.4 Å². The maximum Gasteiger partial charge on any atom is 0.461 e. The smallest absolute Gasteiger partial charge is 0.323 e. The van der Waals surface area contributed by atoms with Gasteiger partial charge < -0.3 is 4.72 Å². The lowest BCUT2D eigenvalue weighted by Gasteiger charge is -2.09. The number of hydrogen-bond donors (Lipinski definition) is 1. The molecule has 0 aliphatic rings. The zero-order valence-corrected chi connectivity index (χ0v) is 16.5. The Morgan fingerprint density at radius 2 is 2.08 bits per heavy atom. The van der Waals surface area contributed by atoms with E-state index < -0.39 is 5.51 Å². The van der Waals surface area contributed by atoms with E-state index in [2.05, 4.69) is 26.0 Å². The first kappa shape index (κ1) is 19.4. The highest BCUT2D eigenvalue weighted by Crippen LogP contribution is 2.36. The van der Waals surface area contributed by atoms with Gasteiger partial charge in [-0.2, -0.15) is 17.5 Å². The van der Waals surface area contributed by atoms with Crippen LogP contribution in [-0.2, 0) is 6.42 Å². The summed E-state index contributed by atoms with van der Waals surface area (Å²) >= 11 is 8.65. The molecule has 0 aliphatic heterocycles. The van der Waals surface area contributed by atoms with E-state index in [1.165, 1.54) is 35.0 Å². The number of hydrogen-bond acceptors (Lipinski definition) is 7. The Bertz CT molecular complexity index is 894. The molecule has 0 spiro atoms. The van der Waals surface area contributed by atoms with Gasteiger partial charge >= 0.3 is 5.51 Å². The minimum atomic E-state index is -4.37. The molecule has 0 atom stereocenters. The Labute approximate surface area is 165 Å². The van der Waals surface area contributed by atoms with Crippen LogP contribution < -0.4 is 4.72 Å². The van der Waals surface area contributed by atoms with Crippen molar-refractivity contribution in [2.45, 2.75) is 25.3 Å². The molecule has 0 fully saturated rings. The predicted molar refractivity (Wildman–Crippen MR) is 103 cm³/mol. The lowest BCUT2D eigenvalue weighted by molar-refractivity contribution is -0.0323. The summed E-state index contributed by atoms with van der Waals surface area (Å²) in [7, 11) is 0. The molecule has 0 bridgehead atoms. The van der Waals surface area contributed by atoms with E-state index in [1.807, 2.05) is 5.38 Å². The minimum Gasteiger partial charge on any atom is -0.323 e. The molecule has 2 aromatic heterocycles. The van der Waals surface area contributed by atoms with E-state index in [9.17, 15) is 13.2 Å². The number of nitrogens with one attached hydrogen (secondary N) is 1. The van der Waals surface area contributed by atoms with Crippen molar-refractivity contribution in [1.82, 2.24) is 14.3 Å². The van der Waals surface area contributed by atoms with Gasteiger partial charge in [-0.25, -0.2) is 9.97 Å². The molecule has 0 unspecified atom stereocenters. The summed E-state index contributed by atoms with van der Waals surface area (Å²) in [4.78, 5) is 8.97. The lowest BCUT2D eigenvalue weighted by atomic mass is 10.1. The topological polar surface area (TPSA) is 50.7 Å². The van der Waals surface area contributed by atoms with Crippen LogP contribution in [0.4, 0.5) is 18.9 Å². The van der Waals surface area contributed by atoms with Crippen molar-refractivity contribution in [3.05, 3.63) is 33.6 Å². The summed E-state index contributed by atoms with van der Waals surface area (Å²) in [5.74, 6) is 0.589. The number of halogens is 4. The third kappa shape index (κ3) is 4.87. The zero-order chi connectivity index (χ0) is 18.7. The monoisotopic (exact) mass is 436 g/mol. The van der Waals surface area contributed by atoms with Gasteiger partial charge in [-0.3, -0.25) is 0 Å². The number of aryl methyl sites for hydroxylation is 1. The van der Waals surface area contributed by atoms with Gasteiger partial charge in [0.15, 0.2) is 5.01 Å². The number of thiazole rings is 1. The van der Waals surface area contributed by atoms with Crippen LogP contribution in [0.15, 0.2) is 23.6 Å². The molecule has 1 N–H and O–H groups in total. The van der Waals surface area contributed by atoms with Crippen LogP contribution in [0, 0.1) is 0 Å². The largest absolute Gasteiger partial charge is 0.461 e. The number of alkyl halides is 3. The molecule has 0 amide bonds. The molecule has 11 heteroatoms. The van der Waals surface area contributed by atoms with Gasteiger partial charge in [0.2, 0.25) is 5.82 Å². The Hall–Kier alpha value is -1.36. The Morgan fingerprint density at radius 1 is 1.27 bits per heavy atom. The number of anilines is 1. The van der Waals surface area contributed by atoms with Crippen LogP contribution in [0.3, 0.4) is 0 Å². The first-order valence-electron chi connectivity index (χ1n) is 7.45. The molecule has 3 rings (SSSR count). The summed E-state index contributed by atoms with van der Waals surface area (Å²) in [6.07, 6.45) is 1.88. The Kier molecular flexibility index (Phi) is 6.06. The second-order valence-electron chi connectivity index (χ2n) is 5.14. The number of aromatic nitrogens is 3. The first-order chi connectivity index (χ1) is 12.4. The standard InChI is InChI=1S/C15H12ClF3N4S3/c1-2-3-12-21-13(23-25-12)14-20-11(7-24-14)9-5-4-8(6-10(9)16)22-26-15(17,18)19/h4-7,22H,2-3H2,1H3. The van der Waals surface area contributed by atoms with Crippen LogP contribution in [0.5, 0.6) is 0 Å². The third-order valence-electron chi connectivity index (χ3n) is 3.16. The third-order valence-corrected chi connectivity index (χ3v) is 5.65. The molecule has 1 aromatic carbocycles. The van der Waals surface area contributed by atoms with Crippen LogP contribution >= 0.6 is 46.4 Å². The second kappa shape index (κ2) is 8.12. The number of benzene rings is 1.